The van der Waals surface area contributed by atoms with Gasteiger partial charge in [0, 0.05) is 29.5 Å². The number of fused-ring (bicyclic) bond motifs is 1. The molecule has 2 spiro atoms. The second-order valence-corrected chi connectivity index (χ2v) is 11.5. The Hall–Kier alpha value is -1.48. The first-order valence-electron chi connectivity index (χ1n) is 11.9. The molecule has 2 aliphatic heterocycles. The molecule has 5 aliphatic carbocycles. The van der Waals surface area contributed by atoms with Gasteiger partial charge in [-0.2, -0.15) is 13.2 Å². The van der Waals surface area contributed by atoms with Crippen LogP contribution in [0.15, 0.2) is 24.3 Å². The van der Waals surface area contributed by atoms with Crippen molar-refractivity contribution in [1.82, 2.24) is 4.90 Å². The molecule has 1 aromatic carbocycles. The lowest BCUT2D eigenvalue weighted by Gasteiger charge is -2.71. The Balaban J connectivity index is 0.00000217. The first kappa shape index (κ1) is 23.0. The smallest absolute Gasteiger partial charge is 0.417 e. The zero-order valence-corrected chi connectivity index (χ0v) is 19.6. The minimum absolute atomic E-state index is 0. The zero-order chi connectivity index (χ0) is 23.2. The van der Waals surface area contributed by atoms with Crippen LogP contribution in [0.1, 0.15) is 43.7 Å². The van der Waals surface area contributed by atoms with Crippen LogP contribution in [0.5, 0.6) is 11.5 Å². The summed E-state index contributed by atoms with van der Waals surface area (Å²) in [5.41, 5.74) is -4.63. The average Bonchev–Trinajstić information content (AvgIpc) is 3.48. The number of aliphatic hydroxyl groups is 2. The van der Waals surface area contributed by atoms with Gasteiger partial charge in [0.1, 0.15) is 11.7 Å². The lowest BCUT2D eigenvalue weighted by molar-refractivity contribution is -0.318. The third-order valence-electron chi connectivity index (χ3n) is 10.0. The van der Waals surface area contributed by atoms with Crippen LogP contribution < -0.4 is 4.74 Å². The predicted molar refractivity (Wildman–Crippen MR) is 119 cm³/mol. The first-order valence-corrected chi connectivity index (χ1v) is 11.9. The number of nitrogens with zero attached hydrogens (tertiary/aromatic N) is 1. The molecule has 9 heteroatoms. The molecular weight excluding hydrogens is 471 g/mol. The van der Waals surface area contributed by atoms with Gasteiger partial charge in [0.25, 0.3) is 0 Å². The van der Waals surface area contributed by atoms with Crippen LogP contribution in [0.3, 0.4) is 0 Å². The summed E-state index contributed by atoms with van der Waals surface area (Å²) in [5, 5.41) is 33.4. The van der Waals surface area contributed by atoms with Gasteiger partial charge in [0.15, 0.2) is 17.1 Å². The van der Waals surface area contributed by atoms with Gasteiger partial charge in [-0.3, -0.25) is 4.90 Å². The van der Waals surface area contributed by atoms with Gasteiger partial charge in [-0.05, 0) is 63.1 Å². The van der Waals surface area contributed by atoms with Gasteiger partial charge in [-0.25, -0.2) is 0 Å². The molecule has 2 heterocycles. The van der Waals surface area contributed by atoms with E-state index in [1.165, 1.54) is 18.9 Å². The van der Waals surface area contributed by atoms with Gasteiger partial charge >= 0.3 is 6.18 Å². The highest BCUT2D eigenvalue weighted by atomic mass is 35.5. The number of ether oxygens (including phenoxy) is 1. The minimum atomic E-state index is -4.90. The van der Waals surface area contributed by atoms with Crippen LogP contribution in [-0.4, -0.2) is 62.8 Å². The number of rotatable bonds is 3. The fourth-order valence-electron chi connectivity index (χ4n) is 8.33. The predicted octanol–water partition coefficient (Wildman–Crippen LogP) is 3.47. The van der Waals surface area contributed by atoms with Crippen molar-refractivity contribution in [2.75, 3.05) is 13.1 Å². The highest BCUT2D eigenvalue weighted by Crippen LogP contribution is 2.75. The SMILES string of the molecule is C[C@@](O)([C@H]1C[C@@]23C=C[C@]1(O)[C@@H]1Oc4c(O)ccc5c4[C@@]12CCN(CC1CC1)[C@@H]3C5)C(F)(F)F.Cl. The molecule has 0 radical (unpaired) electrons. The Labute approximate surface area is 202 Å². The van der Waals surface area contributed by atoms with E-state index in [-0.39, 0.29) is 30.6 Å². The summed E-state index contributed by atoms with van der Waals surface area (Å²) < 4.78 is 48.5. The van der Waals surface area contributed by atoms with Crippen molar-refractivity contribution in [1.29, 1.82) is 0 Å². The monoisotopic (exact) mass is 499 g/mol. The van der Waals surface area contributed by atoms with E-state index in [1.807, 2.05) is 12.1 Å². The fraction of sp³-hybridized carbons (Fsp3) is 0.680. The molecule has 3 N–H and O–H groups in total. The summed E-state index contributed by atoms with van der Waals surface area (Å²) in [6, 6.07) is 3.44. The summed E-state index contributed by atoms with van der Waals surface area (Å²) in [6.45, 7) is 2.48. The second kappa shape index (κ2) is 6.44. The molecule has 4 bridgehead atoms. The number of hydrogen-bond donors (Lipinski definition) is 3. The normalized spacial score (nSPS) is 43.1. The van der Waals surface area contributed by atoms with Crippen molar-refractivity contribution in [2.45, 2.75) is 74.0 Å². The van der Waals surface area contributed by atoms with Gasteiger partial charge < -0.3 is 20.1 Å². The molecule has 0 amide bonds. The molecule has 1 aromatic rings. The number of aromatic hydroxyl groups is 1. The highest BCUT2D eigenvalue weighted by molar-refractivity contribution is 5.85. The molecule has 5 nitrogen and oxygen atoms in total. The maximum Gasteiger partial charge on any atom is 0.417 e. The molecule has 0 unspecified atom stereocenters. The standard InChI is InChI=1S/C25H28F3NO4.ClH/c1-21(31,25(26,27)28)16-11-22-6-7-24(16,32)20-23(22)8-9-29(12-13-2-3-13)17(22)10-14-4-5-15(30)19(33-20)18(14)23;/h4-7,13,16-17,20,30-32H,2-3,8-12H2,1H3;1H/t16-,17-,20-,21-,22-,23+,24-;/m1./s1. The lowest BCUT2D eigenvalue weighted by Crippen LogP contribution is -2.81. The van der Waals surface area contributed by atoms with E-state index in [0.29, 0.717) is 24.5 Å². The van der Waals surface area contributed by atoms with Crippen molar-refractivity contribution in [2.24, 2.45) is 17.3 Å². The number of alkyl halides is 3. The largest absolute Gasteiger partial charge is 0.504 e. The van der Waals surface area contributed by atoms with Crippen molar-refractivity contribution < 1.29 is 33.2 Å². The van der Waals surface area contributed by atoms with Crippen molar-refractivity contribution in [3.63, 3.8) is 0 Å². The van der Waals surface area contributed by atoms with Crippen LogP contribution in [0, 0.1) is 17.3 Å². The summed E-state index contributed by atoms with van der Waals surface area (Å²) in [6.07, 6.45) is 1.20. The van der Waals surface area contributed by atoms with Gasteiger partial charge in [0.2, 0.25) is 0 Å². The highest BCUT2D eigenvalue weighted by Gasteiger charge is 2.81. The third-order valence-corrected chi connectivity index (χ3v) is 10.0. The van der Waals surface area contributed by atoms with E-state index in [0.717, 1.165) is 31.1 Å². The Bertz CT molecular complexity index is 1100. The van der Waals surface area contributed by atoms with Crippen LogP contribution >= 0.6 is 12.4 Å². The van der Waals surface area contributed by atoms with E-state index in [9.17, 15) is 28.5 Å². The van der Waals surface area contributed by atoms with Crippen LogP contribution in [0.2, 0.25) is 0 Å². The Morgan fingerprint density at radius 2 is 1.94 bits per heavy atom. The molecule has 2 saturated carbocycles. The van der Waals surface area contributed by atoms with E-state index >= 15 is 0 Å². The topological polar surface area (TPSA) is 73.2 Å². The van der Waals surface area contributed by atoms with E-state index < -0.39 is 40.2 Å². The quantitative estimate of drug-likeness (QED) is 0.555. The fourth-order valence-corrected chi connectivity index (χ4v) is 8.33. The van der Waals surface area contributed by atoms with E-state index in [2.05, 4.69) is 4.90 Å². The molecule has 34 heavy (non-hydrogen) atoms. The Kier molecular flexibility index (Phi) is 4.35. The summed E-state index contributed by atoms with van der Waals surface area (Å²) in [5.74, 6) is -0.599. The molecule has 8 rings (SSSR count). The van der Waals surface area contributed by atoms with Crippen molar-refractivity contribution in [3.05, 3.63) is 35.4 Å². The molecule has 186 valence electrons. The number of phenolic OH excluding ortho intramolecular Hbond substituents is 1. The van der Waals surface area contributed by atoms with Gasteiger partial charge in [-0.15, -0.1) is 12.4 Å². The maximum atomic E-state index is 14.1. The van der Waals surface area contributed by atoms with E-state index in [1.54, 1.807) is 6.07 Å². The number of piperidine rings is 1. The third kappa shape index (κ3) is 2.34. The summed E-state index contributed by atoms with van der Waals surface area (Å²) in [4.78, 5) is 2.44. The molecule has 0 aromatic heterocycles. The minimum Gasteiger partial charge on any atom is -0.504 e. The summed E-state index contributed by atoms with van der Waals surface area (Å²) >= 11 is 0. The van der Waals surface area contributed by atoms with Gasteiger partial charge in [-0.1, -0.05) is 18.2 Å². The Morgan fingerprint density at radius 3 is 2.62 bits per heavy atom. The summed E-state index contributed by atoms with van der Waals surface area (Å²) in [7, 11) is 0. The first-order chi connectivity index (χ1) is 15.5. The second-order valence-electron chi connectivity index (χ2n) is 11.5. The van der Waals surface area contributed by atoms with Crippen LogP contribution in [0.25, 0.3) is 0 Å². The molecular formula is C25H29ClF3NO4. The van der Waals surface area contributed by atoms with Crippen LogP contribution in [0.4, 0.5) is 13.2 Å². The number of hydrogen-bond acceptors (Lipinski definition) is 5. The maximum absolute atomic E-state index is 14.1. The number of halogens is 4. The molecule has 7 atom stereocenters. The average molecular weight is 500 g/mol. The Morgan fingerprint density at radius 1 is 1.21 bits per heavy atom. The van der Waals surface area contributed by atoms with Crippen molar-refractivity contribution in [3.8, 4) is 11.5 Å². The zero-order valence-electron chi connectivity index (χ0n) is 18.8. The van der Waals surface area contributed by atoms with Gasteiger partial charge in [0.05, 0.1) is 5.41 Å². The number of benzene rings is 1. The molecule has 3 fully saturated rings. The lowest BCUT2D eigenvalue weighted by atomic mass is 9.36. The van der Waals surface area contributed by atoms with E-state index in [4.69, 9.17) is 4.74 Å². The number of phenols is 1. The number of likely N-dealkylation sites (tertiary alicyclic amines) is 1. The van der Waals surface area contributed by atoms with Crippen LogP contribution in [-0.2, 0) is 11.8 Å². The molecule has 1 saturated heterocycles. The van der Waals surface area contributed by atoms with Crippen molar-refractivity contribution >= 4 is 12.4 Å². The molecule has 7 aliphatic rings.